The van der Waals surface area contributed by atoms with Crippen molar-refractivity contribution in [3.8, 4) is 11.8 Å². The van der Waals surface area contributed by atoms with Gasteiger partial charge in [-0.2, -0.15) is 0 Å². The lowest BCUT2D eigenvalue weighted by Crippen LogP contribution is -1.97. The van der Waals surface area contributed by atoms with E-state index in [1.54, 1.807) is 0 Å². The van der Waals surface area contributed by atoms with Crippen LogP contribution in [0.5, 0.6) is 0 Å². The highest BCUT2D eigenvalue weighted by Gasteiger charge is 2.05. The Balaban J connectivity index is 3.13. The topological polar surface area (TPSA) is 37.3 Å². The first kappa shape index (κ1) is 10.6. The maximum atomic E-state index is 12.9. The molecular formula is C10H6ClFO2. The van der Waals surface area contributed by atoms with Crippen molar-refractivity contribution in [2.24, 2.45) is 0 Å². The zero-order valence-corrected chi connectivity index (χ0v) is 7.81. The van der Waals surface area contributed by atoms with Crippen molar-refractivity contribution in [2.45, 2.75) is 0 Å². The van der Waals surface area contributed by atoms with Crippen LogP contribution in [-0.4, -0.2) is 17.0 Å². The van der Waals surface area contributed by atoms with Crippen LogP contribution in [0.4, 0.5) is 4.39 Å². The molecule has 1 N–H and O–H groups in total. The molecule has 0 saturated heterocycles. The van der Waals surface area contributed by atoms with Gasteiger partial charge in [-0.25, -0.2) is 9.18 Å². The van der Waals surface area contributed by atoms with Crippen molar-refractivity contribution in [1.82, 2.24) is 0 Å². The van der Waals surface area contributed by atoms with Crippen molar-refractivity contribution in [3.05, 3.63) is 35.1 Å². The SMILES string of the molecule is O=C(O)c1cc(F)cc(C#CCCl)c1. The molecule has 72 valence electrons. The van der Waals surface area contributed by atoms with E-state index in [-0.39, 0.29) is 11.4 Å². The summed E-state index contributed by atoms with van der Waals surface area (Å²) < 4.78 is 12.9. The normalized spacial score (nSPS) is 9.00. The highest BCUT2D eigenvalue weighted by Crippen LogP contribution is 2.08. The maximum absolute atomic E-state index is 12.9. The lowest BCUT2D eigenvalue weighted by Gasteiger charge is -1.96. The Morgan fingerprint density at radius 3 is 2.79 bits per heavy atom. The summed E-state index contributed by atoms with van der Waals surface area (Å²) >= 11 is 5.31. The molecule has 0 saturated carbocycles. The third kappa shape index (κ3) is 2.75. The molecule has 1 aromatic rings. The molecule has 0 aromatic heterocycles. The van der Waals surface area contributed by atoms with Crippen molar-refractivity contribution in [1.29, 1.82) is 0 Å². The molecule has 0 aliphatic heterocycles. The van der Waals surface area contributed by atoms with Crippen LogP contribution in [0.2, 0.25) is 0 Å². The van der Waals surface area contributed by atoms with Crippen molar-refractivity contribution in [3.63, 3.8) is 0 Å². The summed E-state index contributed by atoms with van der Waals surface area (Å²) in [7, 11) is 0. The summed E-state index contributed by atoms with van der Waals surface area (Å²) in [4.78, 5) is 10.5. The van der Waals surface area contributed by atoms with E-state index in [9.17, 15) is 9.18 Å². The number of hydrogen-bond acceptors (Lipinski definition) is 1. The standard InChI is InChI=1S/C10H6ClFO2/c11-3-1-2-7-4-8(10(13)14)6-9(12)5-7/h4-6H,3H2,(H,13,14). The molecule has 0 bridgehead atoms. The van der Waals surface area contributed by atoms with Crippen LogP contribution in [-0.2, 0) is 0 Å². The largest absolute Gasteiger partial charge is 0.478 e. The Morgan fingerprint density at radius 2 is 2.21 bits per heavy atom. The van der Waals surface area contributed by atoms with Gasteiger partial charge in [-0.15, -0.1) is 11.6 Å². The molecule has 1 rings (SSSR count). The van der Waals surface area contributed by atoms with E-state index in [1.807, 2.05) is 0 Å². The second kappa shape index (κ2) is 4.64. The zero-order valence-electron chi connectivity index (χ0n) is 7.05. The van der Waals surface area contributed by atoms with Gasteiger partial charge in [0.05, 0.1) is 11.4 Å². The fourth-order valence-corrected chi connectivity index (χ4v) is 0.988. The molecule has 1 aromatic carbocycles. The van der Waals surface area contributed by atoms with Crippen LogP contribution in [0.15, 0.2) is 18.2 Å². The molecule has 0 spiro atoms. The number of hydrogen-bond donors (Lipinski definition) is 1. The van der Waals surface area contributed by atoms with Crippen LogP contribution < -0.4 is 0 Å². The summed E-state index contributed by atoms with van der Waals surface area (Å²) in [6, 6.07) is 3.39. The van der Waals surface area contributed by atoms with Gasteiger partial charge in [-0.3, -0.25) is 0 Å². The Kier molecular flexibility index (Phi) is 3.49. The van der Waals surface area contributed by atoms with Crippen LogP contribution in [0.25, 0.3) is 0 Å². The molecule has 0 radical (unpaired) electrons. The number of carboxylic acids is 1. The summed E-state index contributed by atoms with van der Waals surface area (Å²) in [5.74, 6) is 3.38. The van der Waals surface area contributed by atoms with Crippen LogP contribution >= 0.6 is 11.6 Å². The van der Waals surface area contributed by atoms with Gasteiger partial charge in [0.15, 0.2) is 0 Å². The second-order valence-corrected chi connectivity index (χ2v) is 2.74. The highest BCUT2D eigenvalue weighted by molar-refractivity contribution is 6.19. The monoisotopic (exact) mass is 212 g/mol. The zero-order chi connectivity index (χ0) is 10.6. The van der Waals surface area contributed by atoms with Gasteiger partial charge in [0.25, 0.3) is 0 Å². The van der Waals surface area contributed by atoms with Gasteiger partial charge < -0.3 is 5.11 Å². The molecule has 0 aliphatic carbocycles. The molecule has 0 fully saturated rings. The molecule has 14 heavy (non-hydrogen) atoms. The number of carboxylic acid groups (broad SMARTS) is 1. The fraction of sp³-hybridized carbons (Fsp3) is 0.100. The van der Waals surface area contributed by atoms with Gasteiger partial charge >= 0.3 is 5.97 Å². The van der Waals surface area contributed by atoms with Gasteiger partial charge in [-0.1, -0.05) is 11.8 Å². The first-order valence-electron chi connectivity index (χ1n) is 3.72. The summed E-state index contributed by atoms with van der Waals surface area (Å²) in [6.07, 6.45) is 0. The van der Waals surface area contributed by atoms with Gasteiger partial charge in [0.2, 0.25) is 0 Å². The molecule has 2 nitrogen and oxygen atoms in total. The quantitative estimate of drug-likeness (QED) is 0.572. The summed E-state index contributed by atoms with van der Waals surface area (Å²) in [6.45, 7) is 0. The molecule has 0 unspecified atom stereocenters. The van der Waals surface area contributed by atoms with E-state index in [2.05, 4.69) is 11.8 Å². The number of rotatable bonds is 1. The fourth-order valence-electron chi connectivity index (χ4n) is 0.921. The Hall–Kier alpha value is -1.53. The van der Waals surface area contributed by atoms with Crippen molar-refractivity contribution >= 4 is 17.6 Å². The lowest BCUT2D eigenvalue weighted by molar-refractivity contribution is 0.0696. The summed E-state index contributed by atoms with van der Waals surface area (Å²) in [5, 5.41) is 8.62. The number of halogens is 2. The minimum Gasteiger partial charge on any atom is -0.478 e. The van der Waals surface area contributed by atoms with E-state index < -0.39 is 11.8 Å². The molecule has 0 heterocycles. The van der Waals surface area contributed by atoms with E-state index in [1.165, 1.54) is 6.07 Å². The smallest absolute Gasteiger partial charge is 0.335 e. The number of alkyl halides is 1. The van der Waals surface area contributed by atoms with Crippen molar-refractivity contribution in [2.75, 3.05) is 5.88 Å². The van der Waals surface area contributed by atoms with Gasteiger partial charge in [0.1, 0.15) is 5.82 Å². The molecular weight excluding hydrogens is 207 g/mol. The predicted molar refractivity (Wildman–Crippen MR) is 51.0 cm³/mol. The minimum absolute atomic E-state index is 0.121. The Labute approximate surface area is 85.3 Å². The number of benzene rings is 1. The minimum atomic E-state index is -1.18. The van der Waals surface area contributed by atoms with E-state index in [0.29, 0.717) is 5.56 Å². The van der Waals surface area contributed by atoms with E-state index >= 15 is 0 Å². The first-order chi connectivity index (χ1) is 6.63. The second-order valence-electron chi connectivity index (χ2n) is 2.47. The van der Waals surface area contributed by atoms with Crippen LogP contribution in [0.3, 0.4) is 0 Å². The predicted octanol–water partition coefficient (Wildman–Crippen LogP) is 2.11. The summed E-state index contributed by atoms with van der Waals surface area (Å²) in [5.41, 5.74) is 0.187. The van der Waals surface area contributed by atoms with E-state index in [0.717, 1.165) is 12.1 Å². The average Bonchev–Trinajstić information content (AvgIpc) is 2.14. The first-order valence-corrected chi connectivity index (χ1v) is 4.25. The van der Waals surface area contributed by atoms with Crippen LogP contribution in [0.1, 0.15) is 15.9 Å². The Morgan fingerprint density at radius 1 is 1.50 bits per heavy atom. The van der Waals surface area contributed by atoms with Gasteiger partial charge in [0, 0.05) is 5.56 Å². The van der Waals surface area contributed by atoms with Crippen molar-refractivity contribution < 1.29 is 14.3 Å². The van der Waals surface area contributed by atoms with Gasteiger partial charge in [-0.05, 0) is 18.2 Å². The van der Waals surface area contributed by atoms with E-state index in [4.69, 9.17) is 16.7 Å². The molecule has 0 atom stereocenters. The lowest BCUT2D eigenvalue weighted by atomic mass is 10.1. The molecule has 0 aliphatic rings. The number of carbonyl (C=O) groups is 1. The third-order valence-corrected chi connectivity index (χ3v) is 1.58. The highest BCUT2D eigenvalue weighted by atomic mass is 35.5. The molecule has 4 heteroatoms. The average molecular weight is 213 g/mol. The third-order valence-electron chi connectivity index (χ3n) is 1.44. The molecule has 0 amide bonds. The maximum Gasteiger partial charge on any atom is 0.335 e. The van der Waals surface area contributed by atoms with Crippen LogP contribution in [0, 0.1) is 17.7 Å². The Bertz CT molecular complexity index is 418. The number of aromatic carboxylic acids is 1.